The molecule has 0 amide bonds. The molecule has 0 atom stereocenters. The maximum atomic E-state index is 13.4. The lowest BCUT2D eigenvalue weighted by Crippen LogP contribution is -2.21. The van der Waals surface area contributed by atoms with Gasteiger partial charge in [-0.15, -0.1) is 0 Å². The van der Waals surface area contributed by atoms with Crippen molar-refractivity contribution in [2.24, 2.45) is 0 Å². The first-order valence-corrected chi connectivity index (χ1v) is 6.26. The zero-order valence-corrected chi connectivity index (χ0v) is 11.3. The summed E-state index contributed by atoms with van der Waals surface area (Å²) < 4.78 is 18.8. The summed E-state index contributed by atoms with van der Waals surface area (Å²) in [6.07, 6.45) is 0.506. The Labute approximate surface area is 108 Å². The highest BCUT2D eigenvalue weighted by Gasteiger charge is 2.12. The maximum absolute atomic E-state index is 13.4. The number of halogens is 1. The molecular formula is C14H22FNO2. The van der Waals surface area contributed by atoms with Crippen LogP contribution in [0.4, 0.5) is 4.39 Å². The van der Waals surface area contributed by atoms with Crippen LogP contribution in [0.2, 0.25) is 0 Å². The van der Waals surface area contributed by atoms with E-state index in [0.717, 1.165) is 12.1 Å². The van der Waals surface area contributed by atoms with Crippen LogP contribution in [0, 0.1) is 5.82 Å². The van der Waals surface area contributed by atoms with Crippen molar-refractivity contribution in [3.63, 3.8) is 0 Å². The van der Waals surface area contributed by atoms with Gasteiger partial charge in [-0.3, -0.25) is 0 Å². The van der Waals surface area contributed by atoms with Crippen LogP contribution in [0.15, 0.2) is 18.2 Å². The van der Waals surface area contributed by atoms with Crippen LogP contribution in [-0.4, -0.2) is 23.9 Å². The topological polar surface area (TPSA) is 41.5 Å². The van der Waals surface area contributed by atoms with Crippen LogP contribution in [0.5, 0.6) is 5.75 Å². The predicted molar refractivity (Wildman–Crippen MR) is 70.2 cm³/mol. The Morgan fingerprint density at radius 2 is 2.06 bits per heavy atom. The van der Waals surface area contributed by atoms with Crippen molar-refractivity contribution in [2.45, 2.75) is 39.3 Å². The lowest BCUT2D eigenvalue weighted by atomic mass is 10.1. The SMILES string of the molecule is CCNCc1cc(F)cc(OCCC(C)(C)O)c1. The van der Waals surface area contributed by atoms with Gasteiger partial charge >= 0.3 is 0 Å². The Morgan fingerprint density at radius 3 is 2.67 bits per heavy atom. The molecule has 0 aliphatic carbocycles. The highest BCUT2D eigenvalue weighted by atomic mass is 19.1. The highest BCUT2D eigenvalue weighted by molar-refractivity contribution is 5.29. The molecule has 102 valence electrons. The second-order valence-electron chi connectivity index (χ2n) is 4.99. The third-order valence-corrected chi connectivity index (χ3v) is 2.49. The number of ether oxygens (including phenoxy) is 1. The van der Waals surface area contributed by atoms with E-state index in [1.807, 2.05) is 13.0 Å². The lowest BCUT2D eigenvalue weighted by molar-refractivity contribution is 0.0553. The van der Waals surface area contributed by atoms with E-state index < -0.39 is 5.60 Å². The van der Waals surface area contributed by atoms with Gasteiger partial charge in [0.1, 0.15) is 11.6 Å². The summed E-state index contributed by atoms with van der Waals surface area (Å²) in [6.45, 7) is 7.27. The summed E-state index contributed by atoms with van der Waals surface area (Å²) >= 11 is 0. The van der Waals surface area contributed by atoms with E-state index in [1.54, 1.807) is 13.8 Å². The third kappa shape index (κ3) is 5.98. The molecule has 1 aromatic carbocycles. The minimum atomic E-state index is -0.764. The van der Waals surface area contributed by atoms with E-state index in [-0.39, 0.29) is 5.82 Å². The van der Waals surface area contributed by atoms with Crippen molar-refractivity contribution in [3.8, 4) is 5.75 Å². The van der Waals surface area contributed by atoms with Gasteiger partial charge in [0.05, 0.1) is 12.2 Å². The number of hydrogen-bond donors (Lipinski definition) is 2. The Kier molecular flexibility index (Phi) is 5.56. The number of aliphatic hydroxyl groups is 1. The smallest absolute Gasteiger partial charge is 0.127 e. The van der Waals surface area contributed by atoms with Gasteiger partial charge in [0.2, 0.25) is 0 Å². The fourth-order valence-corrected chi connectivity index (χ4v) is 1.49. The Morgan fingerprint density at radius 1 is 1.33 bits per heavy atom. The first-order chi connectivity index (χ1) is 8.40. The van der Waals surface area contributed by atoms with Crippen LogP contribution in [0.25, 0.3) is 0 Å². The molecule has 0 bridgehead atoms. The summed E-state index contributed by atoms with van der Waals surface area (Å²) in [5.74, 6) is 0.204. The Balaban J connectivity index is 2.57. The standard InChI is InChI=1S/C14H22FNO2/c1-4-16-10-11-7-12(15)9-13(8-11)18-6-5-14(2,3)17/h7-9,16-17H,4-6,10H2,1-3H3. The van der Waals surface area contributed by atoms with E-state index in [2.05, 4.69) is 5.32 Å². The first kappa shape index (κ1) is 14.9. The van der Waals surface area contributed by atoms with Crippen molar-refractivity contribution < 1.29 is 14.2 Å². The summed E-state index contributed by atoms with van der Waals surface area (Å²) in [4.78, 5) is 0. The highest BCUT2D eigenvalue weighted by Crippen LogP contribution is 2.17. The van der Waals surface area contributed by atoms with E-state index >= 15 is 0 Å². The quantitative estimate of drug-likeness (QED) is 0.786. The van der Waals surface area contributed by atoms with Gasteiger partial charge in [-0.25, -0.2) is 4.39 Å². The summed E-state index contributed by atoms with van der Waals surface area (Å²) in [6, 6.07) is 4.67. The number of benzene rings is 1. The molecule has 18 heavy (non-hydrogen) atoms. The molecule has 3 nitrogen and oxygen atoms in total. The second-order valence-corrected chi connectivity index (χ2v) is 4.99. The molecule has 0 saturated carbocycles. The van der Waals surface area contributed by atoms with Crippen molar-refractivity contribution in [2.75, 3.05) is 13.2 Å². The second kappa shape index (κ2) is 6.71. The molecule has 0 fully saturated rings. The van der Waals surface area contributed by atoms with E-state index in [4.69, 9.17) is 4.74 Å². The molecule has 1 aromatic rings. The van der Waals surface area contributed by atoms with Crippen LogP contribution < -0.4 is 10.1 Å². The van der Waals surface area contributed by atoms with E-state index in [0.29, 0.717) is 25.3 Å². The molecule has 0 saturated heterocycles. The van der Waals surface area contributed by atoms with Gasteiger partial charge in [-0.2, -0.15) is 0 Å². The normalized spacial score (nSPS) is 11.6. The van der Waals surface area contributed by atoms with Crippen molar-refractivity contribution in [1.82, 2.24) is 5.32 Å². The molecule has 0 aromatic heterocycles. The third-order valence-electron chi connectivity index (χ3n) is 2.49. The number of hydrogen-bond acceptors (Lipinski definition) is 3. The van der Waals surface area contributed by atoms with Crippen LogP contribution in [-0.2, 0) is 6.54 Å². The Bertz CT molecular complexity index is 375. The Hall–Kier alpha value is -1.13. The van der Waals surface area contributed by atoms with Crippen molar-refractivity contribution in [1.29, 1.82) is 0 Å². The predicted octanol–water partition coefficient (Wildman–Crippen LogP) is 2.48. The van der Waals surface area contributed by atoms with E-state index in [9.17, 15) is 9.50 Å². The molecule has 0 radical (unpaired) electrons. The summed E-state index contributed by atoms with van der Waals surface area (Å²) in [5, 5.41) is 12.7. The molecule has 2 N–H and O–H groups in total. The zero-order valence-electron chi connectivity index (χ0n) is 11.3. The summed E-state index contributed by atoms with van der Waals surface area (Å²) in [7, 11) is 0. The maximum Gasteiger partial charge on any atom is 0.127 e. The fraction of sp³-hybridized carbons (Fsp3) is 0.571. The molecule has 0 unspecified atom stereocenters. The lowest BCUT2D eigenvalue weighted by Gasteiger charge is -2.17. The van der Waals surface area contributed by atoms with Gasteiger partial charge in [-0.05, 0) is 38.1 Å². The first-order valence-electron chi connectivity index (χ1n) is 6.26. The van der Waals surface area contributed by atoms with Gasteiger partial charge < -0.3 is 15.2 Å². The largest absolute Gasteiger partial charge is 0.493 e. The number of nitrogens with one attached hydrogen (secondary N) is 1. The van der Waals surface area contributed by atoms with Crippen molar-refractivity contribution in [3.05, 3.63) is 29.6 Å². The van der Waals surface area contributed by atoms with Gasteiger partial charge in [0.15, 0.2) is 0 Å². The van der Waals surface area contributed by atoms with Gasteiger partial charge in [0, 0.05) is 19.0 Å². The molecule has 0 aliphatic heterocycles. The molecular weight excluding hydrogens is 233 g/mol. The van der Waals surface area contributed by atoms with E-state index in [1.165, 1.54) is 12.1 Å². The monoisotopic (exact) mass is 255 g/mol. The molecule has 0 aliphatic rings. The van der Waals surface area contributed by atoms with Crippen LogP contribution >= 0.6 is 0 Å². The molecule has 0 spiro atoms. The average molecular weight is 255 g/mol. The number of rotatable bonds is 7. The fourth-order valence-electron chi connectivity index (χ4n) is 1.49. The molecule has 0 heterocycles. The molecule has 4 heteroatoms. The minimum Gasteiger partial charge on any atom is -0.493 e. The zero-order chi connectivity index (χ0) is 13.6. The minimum absolute atomic E-state index is 0.302. The van der Waals surface area contributed by atoms with Crippen molar-refractivity contribution >= 4 is 0 Å². The van der Waals surface area contributed by atoms with Gasteiger partial charge in [0.25, 0.3) is 0 Å². The van der Waals surface area contributed by atoms with Crippen LogP contribution in [0.3, 0.4) is 0 Å². The average Bonchev–Trinajstić information content (AvgIpc) is 2.24. The van der Waals surface area contributed by atoms with Gasteiger partial charge in [-0.1, -0.05) is 6.92 Å². The van der Waals surface area contributed by atoms with Crippen LogP contribution in [0.1, 0.15) is 32.8 Å². The molecule has 1 rings (SSSR count). The summed E-state index contributed by atoms with van der Waals surface area (Å²) in [5.41, 5.74) is 0.0926.